The summed E-state index contributed by atoms with van der Waals surface area (Å²) in [4.78, 5) is 12.1. The normalized spacial score (nSPS) is 10.2. The maximum atomic E-state index is 12.1. The molecule has 0 unspecified atom stereocenters. The molecule has 1 heterocycles. The van der Waals surface area contributed by atoms with Crippen LogP contribution in [0.3, 0.4) is 0 Å². The van der Waals surface area contributed by atoms with Gasteiger partial charge in [0.2, 0.25) is 5.75 Å². The van der Waals surface area contributed by atoms with Crippen molar-refractivity contribution in [2.75, 3.05) is 14.2 Å². The Morgan fingerprint density at radius 1 is 1.17 bits per heavy atom. The number of rotatable bonds is 3. The van der Waals surface area contributed by atoms with E-state index in [0.717, 1.165) is 0 Å². The Hall–Kier alpha value is -2.01. The van der Waals surface area contributed by atoms with E-state index < -0.39 is 0 Å². The summed E-state index contributed by atoms with van der Waals surface area (Å²) in [7, 11) is 2.86. The van der Waals surface area contributed by atoms with Crippen LogP contribution in [0.2, 0.25) is 5.02 Å². The van der Waals surface area contributed by atoms with Gasteiger partial charge in [0.25, 0.3) is 0 Å². The molecule has 2 aromatic rings. The largest absolute Gasteiger partial charge is 0.491 e. The number of benzene rings is 1. The molecular weight excluding hydrogens is 256 g/mol. The minimum absolute atomic E-state index is 0.113. The number of nitrogens with zero attached hydrogens (tertiary/aromatic N) is 2. The molecule has 0 amide bonds. The zero-order chi connectivity index (χ0) is 13.1. The summed E-state index contributed by atoms with van der Waals surface area (Å²) >= 11 is 5.79. The summed E-state index contributed by atoms with van der Waals surface area (Å²) < 4.78 is 11.3. The van der Waals surface area contributed by atoms with Gasteiger partial charge in [-0.15, -0.1) is 0 Å². The lowest BCUT2D eigenvalue weighted by Crippen LogP contribution is -2.22. The van der Waals surface area contributed by atoms with E-state index >= 15 is 0 Å². The third-order valence-electron chi connectivity index (χ3n) is 2.40. The summed E-state index contributed by atoms with van der Waals surface area (Å²) in [6, 6.07) is 6.76. The first kappa shape index (κ1) is 12.4. The second kappa shape index (κ2) is 5.10. The second-order valence-corrected chi connectivity index (χ2v) is 3.88. The van der Waals surface area contributed by atoms with Crippen LogP contribution in [0.15, 0.2) is 35.3 Å². The number of hydrogen-bond acceptors (Lipinski definition) is 4. The van der Waals surface area contributed by atoms with E-state index in [-0.39, 0.29) is 11.3 Å². The molecule has 0 bridgehead atoms. The number of ether oxygens (including phenoxy) is 2. The Morgan fingerprint density at radius 3 is 2.39 bits per heavy atom. The highest BCUT2D eigenvalue weighted by molar-refractivity contribution is 6.30. The van der Waals surface area contributed by atoms with Crippen molar-refractivity contribution in [3.8, 4) is 17.2 Å². The average Bonchev–Trinajstić information content (AvgIpc) is 2.39. The van der Waals surface area contributed by atoms with Gasteiger partial charge in [0.15, 0.2) is 5.75 Å². The number of halogens is 1. The van der Waals surface area contributed by atoms with Gasteiger partial charge in [-0.3, -0.25) is 4.79 Å². The minimum atomic E-state index is -0.390. The number of hydrogen-bond donors (Lipinski definition) is 0. The summed E-state index contributed by atoms with van der Waals surface area (Å²) in [5.41, 5.74) is 0.213. The molecule has 94 valence electrons. The van der Waals surface area contributed by atoms with Crippen LogP contribution in [-0.2, 0) is 0 Å². The first-order valence-corrected chi connectivity index (χ1v) is 5.51. The van der Waals surface area contributed by atoms with Crippen molar-refractivity contribution in [1.82, 2.24) is 9.78 Å². The van der Waals surface area contributed by atoms with Crippen LogP contribution in [0, 0.1) is 0 Å². The number of aromatic nitrogens is 2. The molecule has 1 aromatic carbocycles. The van der Waals surface area contributed by atoms with E-state index in [1.54, 1.807) is 24.3 Å². The number of methoxy groups -OCH3 is 2. The van der Waals surface area contributed by atoms with Gasteiger partial charge in [-0.1, -0.05) is 11.6 Å². The molecule has 0 fully saturated rings. The molecule has 0 saturated heterocycles. The van der Waals surface area contributed by atoms with Crippen molar-refractivity contribution in [3.63, 3.8) is 0 Å². The molecule has 0 aliphatic heterocycles. The van der Waals surface area contributed by atoms with Gasteiger partial charge < -0.3 is 9.47 Å². The zero-order valence-corrected chi connectivity index (χ0v) is 10.6. The van der Waals surface area contributed by atoms with Gasteiger partial charge >= 0.3 is 5.56 Å². The fourth-order valence-electron chi connectivity index (χ4n) is 1.52. The lowest BCUT2D eigenvalue weighted by atomic mass is 10.3. The summed E-state index contributed by atoms with van der Waals surface area (Å²) in [6.45, 7) is 0. The standard InChI is InChI=1S/C12H11ClN2O3/c1-17-10-7-14-15(12(16)11(10)18-2)9-5-3-8(13)4-6-9/h3-7H,1-2H3. The molecule has 6 heteroatoms. The Bertz CT molecular complexity index is 608. The molecule has 0 N–H and O–H groups in total. The van der Waals surface area contributed by atoms with Crippen molar-refractivity contribution < 1.29 is 9.47 Å². The summed E-state index contributed by atoms with van der Waals surface area (Å²) in [5.74, 6) is 0.412. The SMILES string of the molecule is COc1cnn(-c2ccc(Cl)cc2)c(=O)c1OC. The van der Waals surface area contributed by atoms with Gasteiger partial charge in [0.1, 0.15) is 0 Å². The molecule has 0 aliphatic rings. The molecule has 2 rings (SSSR count). The van der Waals surface area contributed by atoms with E-state index in [0.29, 0.717) is 16.5 Å². The average molecular weight is 267 g/mol. The third kappa shape index (κ3) is 2.17. The highest BCUT2D eigenvalue weighted by Gasteiger charge is 2.13. The lowest BCUT2D eigenvalue weighted by molar-refractivity contribution is 0.344. The van der Waals surface area contributed by atoms with Gasteiger partial charge in [-0.05, 0) is 24.3 Å². The molecule has 0 spiro atoms. The quantitative estimate of drug-likeness (QED) is 0.851. The highest BCUT2D eigenvalue weighted by Crippen LogP contribution is 2.21. The van der Waals surface area contributed by atoms with Crippen molar-refractivity contribution in [2.45, 2.75) is 0 Å². The van der Waals surface area contributed by atoms with Crippen LogP contribution in [0.1, 0.15) is 0 Å². The Kier molecular flexibility index (Phi) is 3.53. The summed E-state index contributed by atoms with van der Waals surface area (Å²) in [6.07, 6.45) is 1.43. The van der Waals surface area contributed by atoms with Crippen LogP contribution in [0.4, 0.5) is 0 Å². The predicted molar refractivity (Wildman–Crippen MR) is 67.9 cm³/mol. The maximum absolute atomic E-state index is 12.1. The molecule has 1 aromatic heterocycles. The van der Waals surface area contributed by atoms with Crippen LogP contribution in [-0.4, -0.2) is 24.0 Å². The minimum Gasteiger partial charge on any atom is -0.491 e. The fourth-order valence-corrected chi connectivity index (χ4v) is 1.65. The van der Waals surface area contributed by atoms with E-state index in [9.17, 15) is 4.79 Å². The second-order valence-electron chi connectivity index (χ2n) is 3.44. The zero-order valence-electron chi connectivity index (χ0n) is 9.88. The van der Waals surface area contributed by atoms with E-state index in [4.69, 9.17) is 21.1 Å². The smallest absolute Gasteiger partial charge is 0.317 e. The molecule has 0 atom stereocenters. The molecule has 5 nitrogen and oxygen atoms in total. The van der Waals surface area contributed by atoms with Crippen molar-refractivity contribution in [3.05, 3.63) is 45.8 Å². The molecule has 0 saturated carbocycles. The topological polar surface area (TPSA) is 53.4 Å². The maximum Gasteiger partial charge on any atom is 0.317 e. The van der Waals surface area contributed by atoms with Gasteiger partial charge in [0.05, 0.1) is 26.1 Å². The molecule has 18 heavy (non-hydrogen) atoms. The third-order valence-corrected chi connectivity index (χ3v) is 2.65. The van der Waals surface area contributed by atoms with Crippen molar-refractivity contribution in [1.29, 1.82) is 0 Å². The Labute approximate surface area is 109 Å². The van der Waals surface area contributed by atoms with Crippen LogP contribution < -0.4 is 15.0 Å². The van der Waals surface area contributed by atoms with E-state index in [1.807, 2.05) is 0 Å². The summed E-state index contributed by atoms with van der Waals surface area (Å²) in [5, 5.41) is 4.60. The first-order valence-electron chi connectivity index (χ1n) is 5.13. The van der Waals surface area contributed by atoms with Crippen LogP contribution in [0.25, 0.3) is 5.69 Å². The molecule has 0 aliphatic carbocycles. The Morgan fingerprint density at radius 2 is 1.83 bits per heavy atom. The monoisotopic (exact) mass is 266 g/mol. The van der Waals surface area contributed by atoms with Crippen molar-refractivity contribution >= 4 is 11.6 Å². The Balaban J connectivity index is 2.59. The fraction of sp³-hybridized carbons (Fsp3) is 0.167. The van der Waals surface area contributed by atoms with Gasteiger partial charge in [-0.2, -0.15) is 9.78 Å². The van der Waals surface area contributed by atoms with E-state index in [2.05, 4.69) is 5.10 Å². The van der Waals surface area contributed by atoms with Crippen LogP contribution >= 0.6 is 11.6 Å². The van der Waals surface area contributed by atoms with Gasteiger partial charge in [0, 0.05) is 5.02 Å². The van der Waals surface area contributed by atoms with Crippen LogP contribution in [0.5, 0.6) is 11.5 Å². The molecule has 0 radical (unpaired) electrons. The van der Waals surface area contributed by atoms with Crippen molar-refractivity contribution in [2.24, 2.45) is 0 Å². The van der Waals surface area contributed by atoms with E-state index in [1.165, 1.54) is 25.1 Å². The predicted octanol–water partition coefficient (Wildman–Crippen LogP) is 1.90. The first-order chi connectivity index (χ1) is 8.67. The van der Waals surface area contributed by atoms with Gasteiger partial charge in [-0.25, -0.2) is 0 Å². The molecular formula is C12H11ClN2O3. The lowest BCUT2D eigenvalue weighted by Gasteiger charge is -2.09. The highest BCUT2D eigenvalue weighted by atomic mass is 35.5.